The van der Waals surface area contributed by atoms with E-state index in [-0.39, 0.29) is 18.2 Å². The van der Waals surface area contributed by atoms with Crippen LogP contribution >= 0.6 is 0 Å². The van der Waals surface area contributed by atoms with Crippen LogP contribution in [0.3, 0.4) is 0 Å². The molecule has 1 unspecified atom stereocenters. The lowest BCUT2D eigenvalue weighted by Gasteiger charge is -2.29. The Hall–Kier alpha value is -4.92. The van der Waals surface area contributed by atoms with Gasteiger partial charge in [0.2, 0.25) is 11.8 Å². The second kappa shape index (κ2) is 12.1. The second-order valence-electron chi connectivity index (χ2n) is 10.7. The van der Waals surface area contributed by atoms with E-state index in [1.165, 1.54) is 24.7 Å². The lowest BCUT2D eigenvalue weighted by molar-refractivity contribution is -0.122. The molecule has 9 nitrogen and oxygen atoms in total. The number of para-hydroxylation sites is 2. The number of fused-ring (bicyclic) bond motifs is 1. The minimum atomic E-state index is -0.922. The number of hydrogen-bond donors (Lipinski definition) is 0. The molecule has 43 heavy (non-hydrogen) atoms. The van der Waals surface area contributed by atoms with Gasteiger partial charge in [0.25, 0.3) is 11.8 Å². The molecule has 2 heterocycles. The third kappa shape index (κ3) is 5.62. The summed E-state index contributed by atoms with van der Waals surface area (Å²) in [5.74, 6) is 0.248. The highest BCUT2D eigenvalue weighted by molar-refractivity contribution is 6.23. The Morgan fingerprint density at radius 3 is 2.51 bits per heavy atom. The zero-order chi connectivity index (χ0) is 29.9. The van der Waals surface area contributed by atoms with Crippen LogP contribution in [0.25, 0.3) is 22.6 Å². The Morgan fingerprint density at radius 2 is 1.79 bits per heavy atom. The maximum absolute atomic E-state index is 14.0. The molecule has 4 aromatic rings. The number of nitrogens with zero attached hydrogens (tertiary/aromatic N) is 3. The van der Waals surface area contributed by atoms with Crippen LogP contribution in [0, 0.1) is 0 Å². The highest BCUT2D eigenvalue weighted by atomic mass is 16.5. The fourth-order valence-corrected chi connectivity index (χ4v) is 5.81. The number of aromatic nitrogens is 1. The maximum Gasteiger partial charge on any atom is 0.257 e. The maximum atomic E-state index is 14.0. The fraction of sp³-hybridized carbons (Fsp3) is 0.294. The smallest absolute Gasteiger partial charge is 0.257 e. The zero-order valence-corrected chi connectivity index (χ0v) is 24.2. The number of anilines is 1. The Bertz CT molecular complexity index is 1670. The first-order valence-corrected chi connectivity index (χ1v) is 14.5. The van der Waals surface area contributed by atoms with E-state index >= 15 is 0 Å². The lowest BCUT2D eigenvalue weighted by Crippen LogP contribution is -2.46. The van der Waals surface area contributed by atoms with E-state index in [4.69, 9.17) is 13.9 Å². The van der Waals surface area contributed by atoms with Gasteiger partial charge in [-0.1, -0.05) is 23.8 Å². The van der Waals surface area contributed by atoms with E-state index in [2.05, 4.69) is 11.1 Å². The molecule has 0 saturated carbocycles. The van der Waals surface area contributed by atoms with Crippen molar-refractivity contribution in [3.63, 3.8) is 0 Å². The van der Waals surface area contributed by atoms with Gasteiger partial charge in [0.05, 0.1) is 26.3 Å². The van der Waals surface area contributed by atoms with Gasteiger partial charge in [-0.15, -0.1) is 0 Å². The summed E-state index contributed by atoms with van der Waals surface area (Å²) in [6, 6.07) is 18.5. The molecule has 9 heteroatoms. The average molecular weight is 580 g/mol. The molecule has 6 rings (SSSR count). The zero-order valence-electron chi connectivity index (χ0n) is 24.2. The third-order valence-corrected chi connectivity index (χ3v) is 8.12. The standard InChI is InChI=1S/C34H33N3O6/c1-41-29-17-14-24(20-30(29)42-2)33(39)36(19-18-22-8-4-3-5-9-22)27-21-31(38)37(34(27)40)25-15-12-23(13-16-25)32-35-26-10-6-7-11-28(26)43-32/h6-8,10-17,20,27H,3-5,9,18-19,21H2,1-2H3. The molecule has 1 aliphatic carbocycles. The van der Waals surface area contributed by atoms with E-state index in [1.54, 1.807) is 47.4 Å². The Morgan fingerprint density at radius 1 is 1.00 bits per heavy atom. The molecule has 3 aromatic carbocycles. The Labute approximate surface area is 249 Å². The number of carbonyl (C=O) groups excluding carboxylic acids is 3. The quantitative estimate of drug-likeness (QED) is 0.172. The molecule has 3 amide bonds. The molecule has 1 fully saturated rings. The minimum Gasteiger partial charge on any atom is -0.493 e. The van der Waals surface area contributed by atoms with Crippen molar-refractivity contribution in [2.75, 3.05) is 25.7 Å². The van der Waals surface area contributed by atoms with Crippen molar-refractivity contribution in [2.45, 2.75) is 44.6 Å². The summed E-state index contributed by atoms with van der Waals surface area (Å²) < 4.78 is 16.6. The highest BCUT2D eigenvalue weighted by Crippen LogP contribution is 2.33. The van der Waals surface area contributed by atoms with Crippen molar-refractivity contribution in [1.82, 2.24) is 9.88 Å². The van der Waals surface area contributed by atoms with Gasteiger partial charge in [-0.25, -0.2) is 9.88 Å². The van der Waals surface area contributed by atoms with Crippen molar-refractivity contribution in [3.05, 3.63) is 83.9 Å². The van der Waals surface area contributed by atoms with E-state index < -0.39 is 11.9 Å². The summed E-state index contributed by atoms with van der Waals surface area (Å²) >= 11 is 0. The molecule has 220 valence electrons. The molecular weight excluding hydrogens is 546 g/mol. The van der Waals surface area contributed by atoms with Gasteiger partial charge in [-0.05, 0) is 86.7 Å². The molecule has 0 N–H and O–H groups in total. The first-order chi connectivity index (χ1) is 21.0. The third-order valence-electron chi connectivity index (χ3n) is 8.12. The Kier molecular flexibility index (Phi) is 7.96. The summed E-state index contributed by atoms with van der Waals surface area (Å²) in [5.41, 5.74) is 4.22. The summed E-state index contributed by atoms with van der Waals surface area (Å²) in [6.07, 6.45) is 7.06. The Balaban J connectivity index is 1.26. The van der Waals surface area contributed by atoms with Crippen LogP contribution in [0.2, 0.25) is 0 Å². The van der Waals surface area contributed by atoms with Gasteiger partial charge in [0.15, 0.2) is 17.1 Å². The number of ether oxygens (including phenoxy) is 2. The topological polar surface area (TPSA) is 102 Å². The van der Waals surface area contributed by atoms with Gasteiger partial charge < -0.3 is 18.8 Å². The van der Waals surface area contributed by atoms with Crippen LogP contribution in [0.15, 0.2) is 82.8 Å². The number of carbonyl (C=O) groups is 3. The normalized spacial score (nSPS) is 16.8. The predicted molar refractivity (Wildman–Crippen MR) is 162 cm³/mol. The molecule has 0 radical (unpaired) electrons. The number of allylic oxidation sites excluding steroid dienone is 1. The molecule has 1 aliphatic heterocycles. The minimum absolute atomic E-state index is 0.0935. The van der Waals surface area contributed by atoms with E-state index in [0.29, 0.717) is 47.2 Å². The van der Waals surface area contributed by atoms with Gasteiger partial charge in [0.1, 0.15) is 11.6 Å². The number of hydrogen-bond acceptors (Lipinski definition) is 7. The summed E-state index contributed by atoms with van der Waals surface area (Å²) in [4.78, 5) is 48.4. The molecule has 0 bridgehead atoms. The van der Waals surface area contributed by atoms with E-state index in [1.807, 2.05) is 24.3 Å². The summed E-state index contributed by atoms with van der Waals surface area (Å²) in [7, 11) is 3.03. The number of rotatable bonds is 9. The van der Waals surface area contributed by atoms with Gasteiger partial charge >= 0.3 is 0 Å². The van der Waals surface area contributed by atoms with Crippen molar-refractivity contribution in [2.24, 2.45) is 0 Å². The number of imide groups is 1. The predicted octanol–water partition coefficient (Wildman–Crippen LogP) is 6.18. The van der Waals surface area contributed by atoms with Crippen molar-refractivity contribution < 1.29 is 28.3 Å². The lowest BCUT2D eigenvalue weighted by atomic mass is 9.96. The van der Waals surface area contributed by atoms with Crippen LogP contribution in [0.5, 0.6) is 11.5 Å². The molecular formula is C34H33N3O6. The van der Waals surface area contributed by atoms with Gasteiger partial charge in [-0.2, -0.15) is 0 Å². The molecule has 2 aliphatic rings. The first-order valence-electron chi connectivity index (χ1n) is 14.5. The number of methoxy groups -OCH3 is 2. The molecule has 1 saturated heterocycles. The number of oxazole rings is 1. The van der Waals surface area contributed by atoms with Gasteiger partial charge in [0, 0.05) is 17.7 Å². The monoisotopic (exact) mass is 579 g/mol. The van der Waals surface area contributed by atoms with Crippen molar-refractivity contribution in [1.29, 1.82) is 0 Å². The number of benzene rings is 3. The second-order valence-corrected chi connectivity index (χ2v) is 10.7. The molecule has 1 aromatic heterocycles. The van der Waals surface area contributed by atoms with Crippen LogP contribution in [-0.4, -0.2) is 54.4 Å². The van der Waals surface area contributed by atoms with Crippen LogP contribution in [0.4, 0.5) is 5.69 Å². The van der Waals surface area contributed by atoms with Gasteiger partial charge in [-0.3, -0.25) is 14.4 Å². The fourth-order valence-electron chi connectivity index (χ4n) is 5.81. The summed E-state index contributed by atoms with van der Waals surface area (Å²) in [5, 5.41) is 0. The van der Waals surface area contributed by atoms with Crippen LogP contribution in [-0.2, 0) is 9.59 Å². The molecule has 1 atom stereocenters. The highest BCUT2D eigenvalue weighted by Gasteiger charge is 2.44. The van der Waals surface area contributed by atoms with E-state index in [9.17, 15) is 14.4 Å². The number of amides is 3. The SMILES string of the molecule is COc1ccc(C(=O)N(CCC2=CCCCC2)C2CC(=O)N(c3ccc(-c4nc5ccccc5o4)cc3)C2=O)cc1OC. The van der Waals surface area contributed by atoms with E-state index in [0.717, 1.165) is 36.8 Å². The van der Waals surface area contributed by atoms with Crippen LogP contribution < -0.4 is 14.4 Å². The summed E-state index contributed by atoms with van der Waals surface area (Å²) in [6.45, 7) is 0.327. The first kappa shape index (κ1) is 28.2. The van der Waals surface area contributed by atoms with Crippen molar-refractivity contribution in [3.8, 4) is 23.0 Å². The average Bonchev–Trinajstić information content (AvgIpc) is 3.61. The van der Waals surface area contributed by atoms with Crippen LogP contribution in [0.1, 0.15) is 48.9 Å². The molecule has 0 spiro atoms. The largest absolute Gasteiger partial charge is 0.493 e. The van der Waals surface area contributed by atoms with Crippen molar-refractivity contribution >= 4 is 34.5 Å².